The lowest BCUT2D eigenvalue weighted by Crippen LogP contribution is -2.25. The average Bonchev–Trinajstić information content (AvgIpc) is 3.23. The van der Waals surface area contributed by atoms with Gasteiger partial charge >= 0.3 is 5.97 Å². The number of hydrogen-bond acceptors (Lipinski definition) is 6. The number of esters is 1. The van der Waals surface area contributed by atoms with E-state index >= 15 is 0 Å². The standard InChI is InChI=1S/C19H21N3O4S/c1-22-11-13(10-15(22)23)17(24)21-19-20-16(18(25)26-2)14(27-19)9-8-12-6-4-3-5-7-12/h3-7,13H,8-11H2,1-2H3,(H,20,21,24). The number of carbonyl (C=O) groups excluding carboxylic acids is 3. The topological polar surface area (TPSA) is 88.6 Å². The molecule has 1 atom stereocenters. The zero-order chi connectivity index (χ0) is 19.4. The van der Waals surface area contributed by atoms with Crippen molar-refractivity contribution < 1.29 is 19.1 Å². The van der Waals surface area contributed by atoms with E-state index in [0.29, 0.717) is 18.1 Å². The Kier molecular flexibility index (Phi) is 5.85. The lowest BCUT2D eigenvalue weighted by atomic mass is 10.1. The molecule has 7 nitrogen and oxygen atoms in total. The van der Waals surface area contributed by atoms with E-state index < -0.39 is 11.9 Å². The summed E-state index contributed by atoms with van der Waals surface area (Å²) in [5, 5.41) is 3.10. The summed E-state index contributed by atoms with van der Waals surface area (Å²) in [7, 11) is 2.98. The average molecular weight is 387 g/mol. The minimum Gasteiger partial charge on any atom is -0.464 e. The van der Waals surface area contributed by atoms with Crippen LogP contribution in [0.1, 0.15) is 27.3 Å². The first-order valence-corrected chi connectivity index (χ1v) is 9.46. The van der Waals surface area contributed by atoms with Crippen LogP contribution in [-0.2, 0) is 27.2 Å². The summed E-state index contributed by atoms with van der Waals surface area (Å²) < 4.78 is 4.82. The molecule has 0 bridgehead atoms. The van der Waals surface area contributed by atoms with Gasteiger partial charge < -0.3 is 15.0 Å². The van der Waals surface area contributed by atoms with Crippen molar-refractivity contribution >= 4 is 34.3 Å². The third-order valence-electron chi connectivity index (χ3n) is 4.50. The Hall–Kier alpha value is -2.74. The number of aromatic nitrogens is 1. The molecule has 27 heavy (non-hydrogen) atoms. The first-order valence-electron chi connectivity index (χ1n) is 8.64. The second-order valence-electron chi connectivity index (χ2n) is 6.43. The summed E-state index contributed by atoms with van der Waals surface area (Å²) in [6.45, 7) is 0.390. The number of amides is 2. The summed E-state index contributed by atoms with van der Waals surface area (Å²) >= 11 is 1.27. The molecule has 0 saturated carbocycles. The Morgan fingerprint density at radius 1 is 1.30 bits per heavy atom. The van der Waals surface area contributed by atoms with E-state index in [0.717, 1.165) is 16.9 Å². The minimum absolute atomic E-state index is 0.0481. The van der Waals surface area contributed by atoms with Gasteiger partial charge in [0.2, 0.25) is 11.8 Å². The Labute approximate surface area is 161 Å². The maximum atomic E-state index is 12.4. The summed E-state index contributed by atoms with van der Waals surface area (Å²) in [5.41, 5.74) is 1.38. The minimum atomic E-state index is -0.523. The Morgan fingerprint density at radius 3 is 2.67 bits per heavy atom. The van der Waals surface area contributed by atoms with Gasteiger partial charge in [-0.2, -0.15) is 0 Å². The summed E-state index contributed by atoms with van der Waals surface area (Å²) in [6.07, 6.45) is 1.56. The van der Waals surface area contributed by atoms with Crippen molar-refractivity contribution in [1.82, 2.24) is 9.88 Å². The highest BCUT2D eigenvalue weighted by molar-refractivity contribution is 7.16. The quantitative estimate of drug-likeness (QED) is 0.767. The van der Waals surface area contributed by atoms with Crippen LogP contribution in [0.25, 0.3) is 0 Å². The van der Waals surface area contributed by atoms with Crippen LogP contribution in [0.4, 0.5) is 5.13 Å². The smallest absolute Gasteiger partial charge is 0.357 e. The predicted octanol–water partition coefficient (Wildman–Crippen LogP) is 2.13. The number of nitrogens with zero attached hydrogens (tertiary/aromatic N) is 2. The van der Waals surface area contributed by atoms with E-state index in [2.05, 4.69) is 10.3 Å². The number of nitrogens with one attached hydrogen (secondary N) is 1. The van der Waals surface area contributed by atoms with Crippen molar-refractivity contribution in [2.75, 3.05) is 26.0 Å². The molecule has 142 valence electrons. The van der Waals surface area contributed by atoms with Crippen molar-refractivity contribution in [2.45, 2.75) is 19.3 Å². The van der Waals surface area contributed by atoms with Crippen LogP contribution in [0.5, 0.6) is 0 Å². The molecule has 3 rings (SSSR count). The highest BCUT2D eigenvalue weighted by Crippen LogP contribution is 2.27. The number of likely N-dealkylation sites (tertiary alicyclic amines) is 1. The van der Waals surface area contributed by atoms with Gasteiger partial charge in [0.15, 0.2) is 10.8 Å². The van der Waals surface area contributed by atoms with E-state index in [9.17, 15) is 14.4 Å². The van der Waals surface area contributed by atoms with Gasteiger partial charge in [0.05, 0.1) is 13.0 Å². The maximum absolute atomic E-state index is 12.4. The molecule has 2 amide bonds. The highest BCUT2D eigenvalue weighted by atomic mass is 32.1. The zero-order valence-corrected chi connectivity index (χ0v) is 16.0. The fourth-order valence-electron chi connectivity index (χ4n) is 2.98. The summed E-state index contributed by atoms with van der Waals surface area (Å²) in [6, 6.07) is 9.93. The van der Waals surface area contributed by atoms with Crippen molar-refractivity contribution in [3.8, 4) is 0 Å². The van der Waals surface area contributed by atoms with Gasteiger partial charge in [0.25, 0.3) is 0 Å². The molecule has 2 aromatic rings. The van der Waals surface area contributed by atoms with Crippen LogP contribution in [-0.4, -0.2) is 48.4 Å². The molecule has 1 saturated heterocycles. The fraction of sp³-hybridized carbons (Fsp3) is 0.368. The van der Waals surface area contributed by atoms with Crippen LogP contribution in [0.3, 0.4) is 0 Å². The molecular formula is C19H21N3O4S. The Bertz CT molecular complexity index is 850. The van der Waals surface area contributed by atoms with Crippen LogP contribution >= 0.6 is 11.3 Å². The molecule has 1 aromatic carbocycles. The van der Waals surface area contributed by atoms with Gasteiger partial charge in [0, 0.05) is 24.9 Å². The number of aryl methyl sites for hydroxylation is 2. The van der Waals surface area contributed by atoms with E-state index in [1.54, 1.807) is 7.05 Å². The first kappa shape index (κ1) is 19.0. The summed E-state index contributed by atoms with van der Waals surface area (Å²) in [5.74, 6) is -1.23. The lowest BCUT2D eigenvalue weighted by Gasteiger charge is -2.09. The van der Waals surface area contributed by atoms with Crippen LogP contribution < -0.4 is 5.32 Å². The number of methoxy groups -OCH3 is 1. The molecule has 0 spiro atoms. The molecule has 1 aliphatic rings. The molecule has 0 aliphatic carbocycles. The van der Waals surface area contributed by atoms with E-state index in [-0.39, 0.29) is 23.9 Å². The number of carbonyl (C=O) groups is 3. The fourth-order valence-corrected chi connectivity index (χ4v) is 3.93. The predicted molar refractivity (Wildman–Crippen MR) is 102 cm³/mol. The lowest BCUT2D eigenvalue weighted by molar-refractivity contribution is -0.127. The number of benzene rings is 1. The molecule has 2 heterocycles. The van der Waals surface area contributed by atoms with Crippen LogP contribution in [0.15, 0.2) is 30.3 Å². The molecule has 1 N–H and O–H groups in total. The molecule has 1 aromatic heterocycles. The third kappa shape index (κ3) is 4.51. The molecule has 8 heteroatoms. The van der Waals surface area contributed by atoms with Gasteiger partial charge in [-0.3, -0.25) is 9.59 Å². The van der Waals surface area contributed by atoms with Gasteiger partial charge in [0.1, 0.15) is 0 Å². The van der Waals surface area contributed by atoms with Gasteiger partial charge in [-0.15, -0.1) is 11.3 Å². The van der Waals surface area contributed by atoms with Gasteiger partial charge in [-0.05, 0) is 18.4 Å². The SMILES string of the molecule is COC(=O)c1nc(NC(=O)C2CC(=O)N(C)C2)sc1CCc1ccccc1. The third-order valence-corrected chi connectivity index (χ3v) is 5.53. The van der Waals surface area contributed by atoms with Crippen LogP contribution in [0, 0.1) is 5.92 Å². The Balaban J connectivity index is 1.72. The maximum Gasteiger partial charge on any atom is 0.357 e. The number of anilines is 1. The number of hydrogen-bond donors (Lipinski definition) is 1. The summed E-state index contributed by atoms with van der Waals surface area (Å²) in [4.78, 5) is 42.6. The monoisotopic (exact) mass is 387 g/mol. The van der Waals surface area contributed by atoms with E-state index in [1.807, 2.05) is 30.3 Å². The zero-order valence-electron chi connectivity index (χ0n) is 15.2. The first-order chi connectivity index (χ1) is 13.0. The van der Waals surface area contributed by atoms with Crippen LogP contribution in [0.2, 0.25) is 0 Å². The van der Waals surface area contributed by atoms with Crippen molar-refractivity contribution in [2.24, 2.45) is 5.92 Å². The van der Waals surface area contributed by atoms with Crippen molar-refractivity contribution in [3.63, 3.8) is 0 Å². The van der Waals surface area contributed by atoms with Gasteiger partial charge in [-0.1, -0.05) is 30.3 Å². The van der Waals surface area contributed by atoms with Crippen molar-refractivity contribution in [3.05, 3.63) is 46.5 Å². The molecule has 1 fully saturated rings. The number of thiazole rings is 1. The molecule has 1 aliphatic heterocycles. The molecule has 1 unspecified atom stereocenters. The number of rotatable bonds is 6. The number of ether oxygens (including phenoxy) is 1. The Morgan fingerprint density at radius 2 is 2.04 bits per heavy atom. The molecule has 0 radical (unpaired) electrons. The van der Waals surface area contributed by atoms with E-state index in [4.69, 9.17) is 4.74 Å². The second-order valence-corrected chi connectivity index (χ2v) is 7.52. The van der Waals surface area contributed by atoms with E-state index in [1.165, 1.54) is 23.3 Å². The second kappa shape index (κ2) is 8.30. The largest absolute Gasteiger partial charge is 0.464 e. The van der Waals surface area contributed by atoms with Crippen molar-refractivity contribution in [1.29, 1.82) is 0 Å². The molecular weight excluding hydrogens is 366 g/mol. The normalized spacial score (nSPS) is 16.4. The van der Waals surface area contributed by atoms with Gasteiger partial charge in [-0.25, -0.2) is 9.78 Å². The highest BCUT2D eigenvalue weighted by Gasteiger charge is 2.32.